The quantitative estimate of drug-likeness (QED) is 0.724. The maximum Gasteiger partial charge on any atom is 0.289 e. The van der Waals surface area contributed by atoms with Crippen LogP contribution in [0.2, 0.25) is 0 Å². The van der Waals surface area contributed by atoms with Crippen LogP contribution in [0.5, 0.6) is 5.75 Å². The molecule has 1 amide bonds. The van der Waals surface area contributed by atoms with E-state index in [0.29, 0.717) is 11.1 Å². The van der Waals surface area contributed by atoms with Gasteiger partial charge in [0.25, 0.3) is 5.91 Å². The van der Waals surface area contributed by atoms with Crippen LogP contribution in [0.15, 0.2) is 48.5 Å². The maximum absolute atomic E-state index is 12.4. The van der Waals surface area contributed by atoms with Gasteiger partial charge in [-0.25, -0.2) is 4.98 Å². The molecule has 0 aliphatic rings. The Labute approximate surface area is 132 Å². The van der Waals surface area contributed by atoms with Crippen molar-refractivity contribution in [3.05, 3.63) is 59.9 Å². The van der Waals surface area contributed by atoms with Crippen LogP contribution in [-0.2, 0) is 0 Å². The SMILES string of the molecule is CN(CC(=O)c1ccc(O)cc1)C(=O)c1nc2ccccc2[nH]1. The summed E-state index contributed by atoms with van der Waals surface area (Å²) >= 11 is 0. The fourth-order valence-electron chi connectivity index (χ4n) is 2.26. The topological polar surface area (TPSA) is 86.3 Å². The molecule has 0 saturated carbocycles. The number of phenols is 1. The number of nitrogens with zero attached hydrogens (tertiary/aromatic N) is 2. The molecule has 0 bridgehead atoms. The van der Waals surface area contributed by atoms with Crippen LogP contribution in [0, 0.1) is 0 Å². The third kappa shape index (κ3) is 3.06. The summed E-state index contributed by atoms with van der Waals surface area (Å²) in [5.74, 6) is -0.272. The Kier molecular flexibility index (Phi) is 3.80. The van der Waals surface area contributed by atoms with E-state index < -0.39 is 0 Å². The molecule has 3 aromatic rings. The minimum absolute atomic E-state index is 0.0688. The van der Waals surface area contributed by atoms with E-state index in [4.69, 9.17) is 0 Å². The summed E-state index contributed by atoms with van der Waals surface area (Å²) in [6, 6.07) is 13.3. The number of amides is 1. The van der Waals surface area contributed by atoms with Crippen molar-refractivity contribution in [1.29, 1.82) is 0 Å². The normalized spacial score (nSPS) is 10.7. The Morgan fingerprint density at radius 2 is 1.83 bits per heavy atom. The summed E-state index contributed by atoms with van der Waals surface area (Å²) in [6.45, 7) is -0.0688. The average Bonchev–Trinajstić information content (AvgIpc) is 2.98. The second-order valence-corrected chi connectivity index (χ2v) is 5.23. The zero-order chi connectivity index (χ0) is 16.4. The fraction of sp³-hybridized carbons (Fsp3) is 0.118. The Morgan fingerprint density at radius 1 is 1.13 bits per heavy atom. The number of carbonyl (C=O) groups excluding carboxylic acids is 2. The van der Waals surface area contributed by atoms with Crippen molar-refractivity contribution in [3.63, 3.8) is 0 Å². The zero-order valence-corrected chi connectivity index (χ0v) is 12.5. The average molecular weight is 309 g/mol. The van der Waals surface area contributed by atoms with Crippen molar-refractivity contribution in [3.8, 4) is 5.75 Å². The molecule has 0 atom stereocenters. The number of phenolic OH excluding ortho intramolecular Hbond substituents is 1. The third-order valence-corrected chi connectivity index (χ3v) is 3.51. The van der Waals surface area contributed by atoms with Gasteiger partial charge >= 0.3 is 0 Å². The molecule has 1 heterocycles. The molecule has 2 aromatic carbocycles. The lowest BCUT2D eigenvalue weighted by molar-refractivity contribution is 0.0739. The minimum Gasteiger partial charge on any atom is -0.508 e. The first-order chi connectivity index (χ1) is 11.0. The van der Waals surface area contributed by atoms with E-state index in [0.717, 1.165) is 5.52 Å². The first-order valence-electron chi connectivity index (χ1n) is 7.07. The third-order valence-electron chi connectivity index (χ3n) is 3.51. The number of aromatic nitrogens is 2. The smallest absolute Gasteiger partial charge is 0.289 e. The van der Waals surface area contributed by atoms with Crippen molar-refractivity contribution in [2.24, 2.45) is 0 Å². The second-order valence-electron chi connectivity index (χ2n) is 5.23. The number of Topliss-reactive ketones (excluding diaryl/α,β-unsaturated/α-hetero) is 1. The molecule has 116 valence electrons. The molecule has 3 rings (SSSR count). The van der Waals surface area contributed by atoms with Crippen molar-refractivity contribution in [1.82, 2.24) is 14.9 Å². The number of likely N-dealkylation sites (N-methyl/N-ethyl adjacent to an activating group) is 1. The highest BCUT2D eigenvalue weighted by molar-refractivity contribution is 6.01. The lowest BCUT2D eigenvalue weighted by Crippen LogP contribution is -2.32. The van der Waals surface area contributed by atoms with E-state index in [1.165, 1.54) is 29.2 Å². The predicted molar refractivity (Wildman–Crippen MR) is 85.5 cm³/mol. The number of carbonyl (C=O) groups is 2. The van der Waals surface area contributed by atoms with Crippen LogP contribution in [0.4, 0.5) is 0 Å². The van der Waals surface area contributed by atoms with E-state index in [1.807, 2.05) is 24.3 Å². The molecule has 6 heteroatoms. The molecule has 0 unspecified atom stereocenters. The molecule has 0 saturated heterocycles. The van der Waals surface area contributed by atoms with Gasteiger partial charge in [0.1, 0.15) is 5.75 Å². The van der Waals surface area contributed by atoms with Crippen molar-refractivity contribution < 1.29 is 14.7 Å². The molecular formula is C17H15N3O3. The molecule has 23 heavy (non-hydrogen) atoms. The standard InChI is InChI=1S/C17H15N3O3/c1-20(10-15(22)11-6-8-12(21)9-7-11)17(23)16-18-13-4-2-3-5-14(13)19-16/h2-9,21H,10H2,1H3,(H,18,19). The molecule has 0 aliphatic carbocycles. The number of benzene rings is 2. The molecule has 2 N–H and O–H groups in total. The number of nitrogens with one attached hydrogen (secondary N) is 1. The van der Waals surface area contributed by atoms with Gasteiger partial charge in [-0.1, -0.05) is 12.1 Å². The highest BCUT2D eigenvalue weighted by Crippen LogP contribution is 2.13. The maximum atomic E-state index is 12.4. The number of fused-ring (bicyclic) bond motifs is 1. The van der Waals surface area contributed by atoms with E-state index in [1.54, 1.807) is 7.05 Å². The summed E-state index contributed by atoms with van der Waals surface area (Å²) < 4.78 is 0. The number of aromatic amines is 1. The molecule has 0 fully saturated rings. The van der Waals surface area contributed by atoms with Crippen LogP contribution in [0.3, 0.4) is 0 Å². The highest BCUT2D eigenvalue weighted by Gasteiger charge is 2.19. The van der Waals surface area contributed by atoms with E-state index in [2.05, 4.69) is 9.97 Å². The minimum atomic E-state index is -0.353. The van der Waals surface area contributed by atoms with Gasteiger partial charge in [-0.05, 0) is 36.4 Å². The van der Waals surface area contributed by atoms with Crippen molar-refractivity contribution in [2.75, 3.05) is 13.6 Å². The number of hydrogen-bond donors (Lipinski definition) is 2. The zero-order valence-electron chi connectivity index (χ0n) is 12.5. The van der Waals surface area contributed by atoms with Crippen LogP contribution < -0.4 is 0 Å². The Balaban J connectivity index is 1.74. The summed E-state index contributed by atoms with van der Waals surface area (Å²) in [5, 5.41) is 9.24. The Hall–Kier alpha value is -3.15. The first kappa shape index (κ1) is 14.8. The van der Waals surface area contributed by atoms with Gasteiger partial charge in [-0.15, -0.1) is 0 Å². The molecule has 0 spiro atoms. The number of para-hydroxylation sites is 2. The largest absolute Gasteiger partial charge is 0.508 e. The van der Waals surface area contributed by atoms with Gasteiger partial charge in [0.05, 0.1) is 17.6 Å². The van der Waals surface area contributed by atoms with E-state index >= 15 is 0 Å². The summed E-state index contributed by atoms with van der Waals surface area (Å²) in [5.41, 5.74) is 1.91. The first-order valence-corrected chi connectivity index (χ1v) is 7.07. The molecule has 0 aliphatic heterocycles. The summed E-state index contributed by atoms with van der Waals surface area (Å²) in [6.07, 6.45) is 0. The Morgan fingerprint density at radius 3 is 2.52 bits per heavy atom. The van der Waals surface area contributed by atoms with E-state index in [-0.39, 0.29) is 29.8 Å². The van der Waals surface area contributed by atoms with Gasteiger partial charge in [0.2, 0.25) is 0 Å². The lowest BCUT2D eigenvalue weighted by atomic mass is 10.1. The molecule has 0 radical (unpaired) electrons. The van der Waals surface area contributed by atoms with Gasteiger partial charge in [-0.3, -0.25) is 9.59 Å². The predicted octanol–water partition coefficient (Wildman–Crippen LogP) is 2.22. The van der Waals surface area contributed by atoms with Crippen LogP contribution in [-0.4, -0.2) is 45.3 Å². The van der Waals surface area contributed by atoms with Crippen molar-refractivity contribution >= 4 is 22.7 Å². The molecular weight excluding hydrogens is 294 g/mol. The Bertz CT molecular complexity index is 835. The van der Waals surface area contributed by atoms with Gasteiger partial charge in [0, 0.05) is 12.6 Å². The number of rotatable bonds is 4. The lowest BCUT2D eigenvalue weighted by Gasteiger charge is -2.14. The fourth-order valence-corrected chi connectivity index (χ4v) is 2.26. The summed E-state index contributed by atoms with van der Waals surface area (Å²) in [7, 11) is 1.55. The van der Waals surface area contributed by atoms with Gasteiger partial charge in [-0.2, -0.15) is 0 Å². The van der Waals surface area contributed by atoms with Gasteiger partial charge in [0.15, 0.2) is 11.6 Å². The van der Waals surface area contributed by atoms with E-state index in [9.17, 15) is 14.7 Å². The second kappa shape index (κ2) is 5.92. The van der Waals surface area contributed by atoms with Gasteiger partial charge < -0.3 is 15.0 Å². The highest BCUT2D eigenvalue weighted by atomic mass is 16.3. The van der Waals surface area contributed by atoms with Crippen molar-refractivity contribution in [2.45, 2.75) is 0 Å². The number of imidazole rings is 1. The van der Waals surface area contributed by atoms with Crippen LogP contribution >= 0.6 is 0 Å². The monoisotopic (exact) mass is 309 g/mol. The van der Waals surface area contributed by atoms with Crippen LogP contribution in [0.1, 0.15) is 21.0 Å². The summed E-state index contributed by atoms with van der Waals surface area (Å²) in [4.78, 5) is 33.0. The van der Waals surface area contributed by atoms with Crippen LogP contribution in [0.25, 0.3) is 11.0 Å². The number of aromatic hydroxyl groups is 1. The number of hydrogen-bond acceptors (Lipinski definition) is 4. The molecule has 1 aromatic heterocycles. The number of ketones is 1. The number of H-pyrrole nitrogens is 1. The molecule has 6 nitrogen and oxygen atoms in total.